The molecule has 0 radical (unpaired) electrons. The third-order valence-corrected chi connectivity index (χ3v) is 2.63. The number of amides is 1. The second kappa shape index (κ2) is 3.92. The Hall–Kier alpha value is -0.530. The summed E-state index contributed by atoms with van der Waals surface area (Å²) >= 11 is 0. The lowest BCUT2D eigenvalue weighted by atomic mass is 9.97. The van der Waals surface area contributed by atoms with Crippen molar-refractivity contribution in [3.05, 3.63) is 0 Å². The lowest BCUT2D eigenvalue weighted by Crippen LogP contribution is -2.22. The molecule has 1 atom stereocenters. The van der Waals surface area contributed by atoms with Gasteiger partial charge >= 0.3 is 0 Å². The van der Waals surface area contributed by atoms with Gasteiger partial charge in [0.15, 0.2) is 0 Å². The maximum Gasteiger partial charge on any atom is 0.225 e. The van der Waals surface area contributed by atoms with Crippen LogP contribution < -0.4 is 0 Å². The number of rotatable bonds is 3. The molecule has 1 saturated heterocycles. The molecule has 12 heavy (non-hydrogen) atoms. The summed E-state index contributed by atoms with van der Waals surface area (Å²) in [5.74, 6) is 1.41. The van der Waals surface area contributed by atoms with E-state index in [1.807, 2.05) is 11.9 Å². The minimum absolute atomic E-state index is 0.331. The molecular formula is C10H19NO. The van der Waals surface area contributed by atoms with Crippen LogP contribution >= 0.6 is 0 Å². The number of hydrogen-bond donors (Lipinski definition) is 0. The molecule has 70 valence electrons. The van der Waals surface area contributed by atoms with Gasteiger partial charge in [0.25, 0.3) is 0 Å². The van der Waals surface area contributed by atoms with E-state index in [2.05, 4.69) is 13.8 Å². The Morgan fingerprint density at radius 2 is 2.25 bits per heavy atom. The van der Waals surface area contributed by atoms with E-state index >= 15 is 0 Å². The van der Waals surface area contributed by atoms with Gasteiger partial charge in [0, 0.05) is 19.5 Å². The summed E-state index contributed by atoms with van der Waals surface area (Å²) in [6.07, 6.45) is 3.34. The van der Waals surface area contributed by atoms with Gasteiger partial charge in [-0.1, -0.05) is 20.3 Å². The fourth-order valence-corrected chi connectivity index (χ4v) is 1.70. The molecule has 2 nitrogen and oxygen atoms in total. The molecule has 1 aliphatic rings. The molecule has 0 bridgehead atoms. The first-order valence-corrected chi connectivity index (χ1v) is 4.86. The molecule has 0 aromatic heterocycles. The summed E-state index contributed by atoms with van der Waals surface area (Å²) in [4.78, 5) is 13.3. The van der Waals surface area contributed by atoms with Crippen LogP contribution in [-0.4, -0.2) is 24.4 Å². The molecule has 0 N–H and O–H groups in total. The van der Waals surface area contributed by atoms with E-state index in [9.17, 15) is 4.79 Å². The Labute approximate surface area is 74.9 Å². The first kappa shape index (κ1) is 9.56. The van der Waals surface area contributed by atoms with Crippen molar-refractivity contribution in [3.63, 3.8) is 0 Å². The minimum atomic E-state index is 0.331. The number of carbonyl (C=O) groups is 1. The van der Waals surface area contributed by atoms with Gasteiger partial charge in [-0.3, -0.25) is 4.79 Å². The Balaban J connectivity index is 2.30. The van der Waals surface area contributed by atoms with Crippen LogP contribution in [0.5, 0.6) is 0 Å². The highest BCUT2D eigenvalue weighted by Crippen LogP contribution is 2.22. The van der Waals surface area contributed by atoms with E-state index in [4.69, 9.17) is 0 Å². The smallest absolute Gasteiger partial charge is 0.225 e. The van der Waals surface area contributed by atoms with Crippen molar-refractivity contribution in [1.82, 2.24) is 4.90 Å². The number of likely N-dealkylation sites (tertiary alicyclic amines) is 1. The molecule has 1 amide bonds. The van der Waals surface area contributed by atoms with Gasteiger partial charge in [-0.2, -0.15) is 0 Å². The summed E-state index contributed by atoms with van der Waals surface area (Å²) in [6, 6.07) is 0. The van der Waals surface area contributed by atoms with Crippen molar-refractivity contribution in [2.75, 3.05) is 13.6 Å². The lowest BCUT2D eigenvalue weighted by molar-refractivity contribution is -0.130. The van der Waals surface area contributed by atoms with Crippen LogP contribution in [0.25, 0.3) is 0 Å². The highest BCUT2D eigenvalue weighted by Gasteiger charge is 2.28. The second-order valence-corrected chi connectivity index (χ2v) is 4.22. The molecule has 1 heterocycles. The zero-order valence-electron chi connectivity index (χ0n) is 8.34. The molecule has 0 spiro atoms. The molecular weight excluding hydrogens is 150 g/mol. The summed E-state index contributed by atoms with van der Waals surface area (Å²) < 4.78 is 0. The predicted octanol–water partition coefficient (Wildman–Crippen LogP) is 1.90. The Morgan fingerprint density at radius 1 is 1.58 bits per heavy atom. The molecule has 0 aromatic carbocycles. The Morgan fingerprint density at radius 3 is 2.67 bits per heavy atom. The summed E-state index contributed by atoms with van der Waals surface area (Å²) in [7, 11) is 1.90. The summed E-state index contributed by atoms with van der Waals surface area (Å²) in [6.45, 7) is 5.38. The first-order valence-electron chi connectivity index (χ1n) is 4.86. The standard InChI is InChI=1S/C10H19NO/c1-8(2)4-5-9-6-7-11(3)10(9)12/h8-9H,4-7H2,1-3H3. The molecule has 0 saturated carbocycles. The molecule has 1 rings (SSSR count). The van der Waals surface area contributed by atoms with Gasteiger partial charge < -0.3 is 4.90 Å². The SMILES string of the molecule is CC(C)CCC1CCN(C)C1=O. The van der Waals surface area contributed by atoms with E-state index in [1.165, 1.54) is 6.42 Å². The van der Waals surface area contributed by atoms with Crippen molar-refractivity contribution >= 4 is 5.91 Å². The largest absolute Gasteiger partial charge is 0.345 e. The second-order valence-electron chi connectivity index (χ2n) is 4.22. The van der Waals surface area contributed by atoms with Gasteiger partial charge in [-0.05, 0) is 18.8 Å². The third kappa shape index (κ3) is 2.23. The van der Waals surface area contributed by atoms with E-state index < -0.39 is 0 Å². The topological polar surface area (TPSA) is 20.3 Å². The van der Waals surface area contributed by atoms with Crippen LogP contribution in [0.15, 0.2) is 0 Å². The van der Waals surface area contributed by atoms with Crippen molar-refractivity contribution in [1.29, 1.82) is 0 Å². The quantitative estimate of drug-likeness (QED) is 0.632. The Kier molecular flexibility index (Phi) is 3.12. The van der Waals surface area contributed by atoms with Crippen LogP contribution in [-0.2, 0) is 4.79 Å². The van der Waals surface area contributed by atoms with Crippen LogP contribution in [0, 0.1) is 11.8 Å². The minimum Gasteiger partial charge on any atom is -0.345 e. The van der Waals surface area contributed by atoms with Gasteiger partial charge in [0.2, 0.25) is 5.91 Å². The summed E-state index contributed by atoms with van der Waals surface area (Å²) in [5, 5.41) is 0. The van der Waals surface area contributed by atoms with Crippen molar-refractivity contribution in [2.24, 2.45) is 11.8 Å². The normalized spacial score (nSPS) is 24.2. The molecule has 0 aliphatic carbocycles. The van der Waals surface area contributed by atoms with Crippen molar-refractivity contribution < 1.29 is 4.79 Å². The van der Waals surface area contributed by atoms with Gasteiger partial charge in [-0.15, -0.1) is 0 Å². The van der Waals surface area contributed by atoms with E-state index in [-0.39, 0.29) is 0 Å². The zero-order chi connectivity index (χ0) is 9.14. The molecule has 2 heteroatoms. The van der Waals surface area contributed by atoms with Crippen LogP contribution in [0.3, 0.4) is 0 Å². The third-order valence-electron chi connectivity index (χ3n) is 2.63. The van der Waals surface area contributed by atoms with Gasteiger partial charge in [0.05, 0.1) is 0 Å². The number of nitrogens with zero attached hydrogens (tertiary/aromatic N) is 1. The van der Waals surface area contributed by atoms with Crippen LogP contribution in [0.1, 0.15) is 33.1 Å². The number of hydrogen-bond acceptors (Lipinski definition) is 1. The molecule has 1 aliphatic heterocycles. The average molecular weight is 169 g/mol. The molecule has 0 aromatic rings. The van der Waals surface area contributed by atoms with Gasteiger partial charge in [-0.25, -0.2) is 0 Å². The van der Waals surface area contributed by atoms with E-state index in [0.29, 0.717) is 11.8 Å². The van der Waals surface area contributed by atoms with E-state index in [1.54, 1.807) is 0 Å². The van der Waals surface area contributed by atoms with Gasteiger partial charge in [0.1, 0.15) is 0 Å². The van der Waals surface area contributed by atoms with Crippen LogP contribution in [0.2, 0.25) is 0 Å². The average Bonchev–Trinajstić information content (AvgIpc) is 2.30. The van der Waals surface area contributed by atoms with Crippen molar-refractivity contribution in [3.8, 4) is 0 Å². The predicted molar refractivity (Wildman–Crippen MR) is 49.8 cm³/mol. The Bertz CT molecular complexity index is 165. The fourth-order valence-electron chi connectivity index (χ4n) is 1.70. The molecule has 1 fully saturated rings. The maximum absolute atomic E-state index is 11.4. The van der Waals surface area contributed by atoms with Crippen LogP contribution in [0.4, 0.5) is 0 Å². The molecule has 1 unspecified atom stereocenters. The lowest BCUT2D eigenvalue weighted by Gasteiger charge is -2.11. The summed E-state index contributed by atoms with van der Waals surface area (Å²) in [5.41, 5.74) is 0. The first-order chi connectivity index (χ1) is 5.61. The highest BCUT2D eigenvalue weighted by molar-refractivity contribution is 5.80. The zero-order valence-corrected chi connectivity index (χ0v) is 8.34. The maximum atomic E-state index is 11.4. The fraction of sp³-hybridized carbons (Fsp3) is 0.900. The van der Waals surface area contributed by atoms with E-state index in [0.717, 1.165) is 25.3 Å². The van der Waals surface area contributed by atoms with Crippen molar-refractivity contribution in [2.45, 2.75) is 33.1 Å². The number of carbonyl (C=O) groups excluding carboxylic acids is 1. The highest BCUT2D eigenvalue weighted by atomic mass is 16.2. The monoisotopic (exact) mass is 169 g/mol.